The van der Waals surface area contributed by atoms with Crippen LogP contribution in [0, 0.1) is 5.92 Å². The van der Waals surface area contributed by atoms with E-state index in [4.69, 9.17) is 0 Å². The summed E-state index contributed by atoms with van der Waals surface area (Å²) in [6.45, 7) is 2.69. The van der Waals surface area contributed by atoms with Crippen LogP contribution in [-0.4, -0.2) is 66.4 Å². The molecule has 2 heterocycles. The summed E-state index contributed by atoms with van der Waals surface area (Å²) in [6, 6.07) is 9.98. The van der Waals surface area contributed by atoms with Crippen molar-refractivity contribution in [2.24, 2.45) is 5.92 Å². The highest BCUT2D eigenvalue weighted by molar-refractivity contribution is 5.90. The van der Waals surface area contributed by atoms with Crippen LogP contribution in [0.4, 0.5) is 5.69 Å². The zero-order valence-corrected chi connectivity index (χ0v) is 16.1. The fourth-order valence-corrected chi connectivity index (χ4v) is 4.53. The van der Waals surface area contributed by atoms with Crippen LogP contribution in [0.5, 0.6) is 0 Å². The summed E-state index contributed by atoms with van der Waals surface area (Å²) >= 11 is 0. The quantitative estimate of drug-likeness (QED) is 0.800. The summed E-state index contributed by atoms with van der Waals surface area (Å²) in [4.78, 5) is 29.8. The second-order valence-electron chi connectivity index (χ2n) is 8.26. The Labute approximate surface area is 161 Å². The van der Waals surface area contributed by atoms with Gasteiger partial charge in [-0.05, 0) is 50.8 Å². The topological polar surface area (TPSA) is 64.7 Å². The minimum absolute atomic E-state index is 0.0289. The maximum absolute atomic E-state index is 12.7. The summed E-state index contributed by atoms with van der Waals surface area (Å²) in [6.07, 6.45) is 4.87. The molecule has 3 atom stereocenters. The minimum Gasteiger partial charge on any atom is -0.353 e. The molecule has 2 amide bonds. The number of likely N-dealkylation sites (N-methyl/N-ethyl adjacent to an activating group) is 1. The number of benzene rings is 1. The summed E-state index contributed by atoms with van der Waals surface area (Å²) in [7, 11) is 2.12. The third-order valence-electron chi connectivity index (χ3n) is 6.30. The van der Waals surface area contributed by atoms with Crippen LogP contribution in [0.25, 0.3) is 0 Å². The lowest BCUT2D eigenvalue weighted by molar-refractivity contribution is -0.125. The van der Waals surface area contributed by atoms with Gasteiger partial charge in [-0.1, -0.05) is 18.2 Å². The number of carbonyl (C=O) groups excluding carboxylic acids is 2. The maximum Gasteiger partial charge on any atom is 0.239 e. The number of anilines is 1. The van der Waals surface area contributed by atoms with Crippen molar-refractivity contribution in [2.75, 3.05) is 32.0 Å². The van der Waals surface area contributed by atoms with E-state index in [2.05, 4.69) is 27.5 Å². The van der Waals surface area contributed by atoms with Gasteiger partial charge in [0.25, 0.3) is 0 Å². The lowest BCUT2D eigenvalue weighted by Gasteiger charge is -2.33. The number of hydrogen-bond acceptors (Lipinski definition) is 4. The maximum atomic E-state index is 12.7. The Morgan fingerprint density at radius 3 is 2.74 bits per heavy atom. The molecule has 2 saturated heterocycles. The Hall–Kier alpha value is -1.92. The first-order chi connectivity index (χ1) is 13.1. The van der Waals surface area contributed by atoms with Gasteiger partial charge in [-0.3, -0.25) is 19.4 Å². The molecular formula is C21H30N4O2. The average Bonchev–Trinajstić information content (AvgIpc) is 3.40. The van der Waals surface area contributed by atoms with E-state index in [0.29, 0.717) is 13.0 Å². The first-order valence-electron chi connectivity index (χ1n) is 10.2. The van der Waals surface area contributed by atoms with Gasteiger partial charge in [-0.15, -0.1) is 0 Å². The molecule has 0 bridgehead atoms. The van der Waals surface area contributed by atoms with E-state index >= 15 is 0 Å². The molecule has 0 aromatic heterocycles. The van der Waals surface area contributed by atoms with Crippen LogP contribution in [-0.2, 0) is 9.59 Å². The van der Waals surface area contributed by atoms with Crippen LogP contribution in [0.1, 0.15) is 32.1 Å². The molecule has 1 aromatic rings. The van der Waals surface area contributed by atoms with Gasteiger partial charge in [0.15, 0.2) is 0 Å². The molecule has 0 unspecified atom stereocenters. The fourth-order valence-electron chi connectivity index (χ4n) is 4.53. The molecule has 1 aromatic carbocycles. The number of carbonyl (C=O) groups is 2. The summed E-state index contributed by atoms with van der Waals surface area (Å²) in [5, 5.41) is 6.09. The highest BCUT2D eigenvalue weighted by atomic mass is 16.2. The molecular weight excluding hydrogens is 340 g/mol. The van der Waals surface area contributed by atoms with Gasteiger partial charge in [0.1, 0.15) is 6.04 Å². The molecule has 27 heavy (non-hydrogen) atoms. The van der Waals surface area contributed by atoms with Crippen molar-refractivity contribution >= 4 is 17.5 Å². The third kappa shape index (κ3) is 4.33. The Kier molecular flexibility index (Phi) is 5.45. The SMILES string of the molecule is CN1[C@@H](CCC(=O)Nc2ccccc2)CNC(=O)[C@@H]2[C@H]1CCN2CC1CC1. The number of nitrogens with zero attached hydrogens (tertiary/aromatic N) is 2. The second kappa shape index (κ2) is 7.98. The molecule has 1 aliphatic carbocycles. The van der Waals surface area contributed by atoms with E-state index in [1.165, 1.54) is 12.8 Å². The fraction of sp³-hybridized carbons (Fsp3) is 0.619. The van der Waals surface area contributed by atoms with Crippen molar-refractivity contribution in [1.29, 1.82) is 0 Å². The number of rotatable bonds is 6. The molecule has 6 nitrogen and oxygen atoms in total. The van der Waals surface area contributed by atoms with Crippen molar-refractivity contribution < 1.29 is 9.59 Å². The van der Waals surface area contributed by atoms with E-state index in [1.807, 2.05) is 30.3 Å². The van der Waals surface area contributed by atoms with Crippen LogP contribution in [0.15, 0.2) is 30.3 Å². The minimum atomic E-state index is -0.0289. The smallest absolute Gasteiger partial charge is 0.239 e. The van der Waals surface area contributed by atoms with Crippen LogP contribution in [0.2, 0.25) is 0 Å². The molecule has 2 aliphatic heterocycles. The Bertz CT molecular complexity index is 676. The molecule has 0 spiro atoms. The number of amides is 2. The summed E-state index contributed by atoms with van der Waals surface area (Å²) in [5.74, 6) is 0.993. The van der Waals surface area contributed by atoms with Gasteiger partial charge < -0.3 is 10.6 Å². The normalized spacial score (nSPS) is 29.1. The predicted molar refractivity (Wildman–Crippen MR) is 105 cm³/mol. The molecule has 6 heteroatoms. The second-order valence-corrected chi connectivity index (χ2v) is 8.26. The number of nitrogens with one attached hydrogen (secondary N) is 2. The molecule has 2 N–H and O–H groups in total. The number of hydrogen-bond donors (Lipinski definition) is 2. The Morgan fingerprint density at radius 1 is 1.22 bits per heavy atom. The monoisotopic (exact) mass is 370 g/mol. The molecule has 0 radical (unpaired) electrons. The number of fused-ring (bicyclic) bond motifs is 1. The van der Waals surface area contributed by atoms with Crippen molar-refractivity contribution in [1.82, 2.24) is 15.1 Å². The zero-order valence-electron chi connectivity index (χ0n) is 16.1. The van der Waals surface area contributed by atoms with E-state index in [1.54, 1.807) is 0 Å². The third-order valence-corrected chi connectivity index (χ3v) is 6.30. The van der Waals surface area contributed by atoms with Crippen molar-refractivity contribution in [3.63, 3.8) is 0 Å². The predicted octanol–water partition coefficient (Wildman–Crippen LogP) is 1.69. The lowest BCUT2D eigenvalue weighted by Crippen LogP contribution is -2.50. The van der Waals surface area contributed by atoms with Gasteiger partial charge in [-0.2, -0.15) is 0 Å². The average molecular weight is 370 g/mol. The largest absolute Gasteiger partial charge is 0.353 e. The van der Waals surface area contributed by atoms with Crippen LogP contribution in [0.3, 0.4) is 0 Å². The molecule has 3 aliphatic rings. The van der Waals surface area contributed by atoms with Crippen molar-refractivity contribution in [3.05, 3.63) is 30.3 Å². The van der Waals surface area contributed by atoms with E-state index in [-0.39, 0.29) is 29.9 Å². The zero-order chi connectivity index (χ0) is 18.8. The van der Waals surface area contributed by atoms with Crippen LogP contribution >= 0.6 is 0 Å². The lowest BCUT2D eigenvalue weighted by atomic mass is 10.0. The Morgan fingerprint density at radius 2 is 2.00 bits per heavy atom. The van der Waals surface area contributed by atoms with Crippen molar-refractivity contribution in [2.45, 2.75) is 50.2 Å². The van der Waals surface area contributed by atoms with E-state index < -0.39 is 0 Å². The number of para-hydroxylation sites is 1. The van der Waals surface area contributed by atoms with Gasteiger partial charge in [0.2, 0.25) is 11.8 Å². The van der Waals surface area contributed by atoms with E-state index in [9.17, 15) is 9.59 Å². The first-order valence-corrected chi connectivity index (χ1v) is 10.2. The molecule has 3 fully saturated rings. The number of likely N-dealkylation sites (tertiary alicyclic amines) is 1. The summed E-state index contributed by atoms with van der Waals surface area (Å²) in [5.41, 5.74) is 0.830. The first kappa shape index (κ1) is 18.4. The van der Waals surface area contributed by atoms with Crippen molar-refractivity contribution in [3.8, 4) is 0 Å². The summed E-state index contributed by atoms with van der Waals surface area (Å²) < 4.78 is 0. The highest BCUT2D eigenvalue weighted by Crippen LogP contribution is 2.34. The van der Waals surface area contributed by atoms with E-state index in [0.717, 1.165) is 37.5 Å². The standard InChI is InChI=1S/C21H30N4O2/c1-24-17(9-10-19(26)23-16-5-3-2-4-6-16)13-22-21(27)20-18(24)11-12-25(20)14-15-7-8-15/h2-6,15,17-18,20H,7-14H2,1H3,(H,22,27)(H,23,26)/t17-,18+,20-/m0/s1. The Balaban J connectivity index is 1.34. The van der Waals surface area contributed by atoms with Gasteiger partial charge in [-0.25, -0.2) is 0 Å². The van der Waals surface area contributed by atoms with Gasteiger partial charge in [0.05, 0.1) is 0 Å². The molecule has 4 rings (SSSR count). The van der Waals surface area contributed by atoms with Gasteiger partial charge >= 0.3 is 0 Å². The highest BCUT2D eigenvalue weighted by Gasteiger charge is 2.46. The van der Waals surface area contributed by atoms with Gasteiger partial charge in [0, 0.05) is 43.8 Å². The van der Waals surface area contributed by atoms with Crippen LogP contribution < -0.4 is 10.6 Å². The molecule has 146 valence electrons. The molecule has 1 saturated carbocycles.